The summed E-state index contributed by atoms with van der Waals surface area (Å²) in [6, 6.07) is 8.89. The second-order valence-electron chi connectivity index (χ2n) is 8.27. The van der Waals surface area contributed by atoms with Gasteiger partial charge < -0.3 is 15.1 Å². The molecular weight excluding hydrogens is 372 g/mol. The third kappa shape index (κ3) is 5.26. The minimum absolute atomic E-state index is 0.167. The highest BCUT2D eigenvalue weighted by Crippen LogP contribution is 2.24. The van der Waals surface area contributed by atoms with Crippen LogP contribution in [0.1, 0.15) is 44.9 Å². The summed E-state index contributed by atoms with van der Waals surface area (Å²) in [7, 11) is 1.06. The predicted octanol–water partition coefficient (Wildman–Crippen LogP) is 2.33. The van der Waals surface area contributed by atoms with Gasteiger partial charge in [0.15, 0.2) is 15.8 Å². The molecule has 1 atom stereocenters. The van der Waals surface area contributed by atoms with Crippen LogP contribution < -0.4 is 5.32 Å². The average molecular weight is 409 g/mol. The Labute approximate surface area is 170 Å². The standard InChI is InChI=1S/C21H36N4O2S/c1-7-17-9-11-18(12-10-17)19(24(5)6)15-23-20(22-8-2)25-13-14-28(26,27)21(3,4)16-25/h9-12,19H,7-8,13-16H2,1-6H3,(H,22,23). The van der Waals surface area contributed by atoms with E-state index in [4.69, 9.17) is 4.99 Å². The van der Waals surface area contributed by atoms with Crippen molar-refractivity contribution in [1.82, 2.24) is 15.1 Å². The minimum atomic E-state index is -3.07. The van der Waals surface area contributed by atoms with Gasteiger partial charge in [0.2, 0.25) is 0 Å². The molecular formula is C21H36N4O2S. The molecule has 0 aromatic heterocycles. The molecule has 0 aliphatic carbocycles. The minimum Gasteiger partial charge on any atom is -0.357 e. The second-order valence-corrected chi connectivity index (χ2v) is 11.0. The summed E-state index contributed by atoms with van der Waals surface area (Å²) in [4.78, 5) is 9.15. The highest BCUT2D eigenvalue weighted by atomic mass is 32.2. The lowest BCUT2D eigenvalue weighted by atomic mass is 10.0. The first-order valence-corrected chi connectivity index (χ1v) is 11.8. The first kappa shape index (κ1) is 22.7. The van der Waals surface area contributed by atoms with E-state index in [1.165, 1.54) is 11.1 Å². The molecule has 0 bridgehead atoms. The molecule has 0 saturated carbocycles. The van der Waals surface area contributed by atoms with Crippen LogP contribution >= 0.6 is 0 Å². The van der Waals surface area contributed by atoms with E-state index in [1.54, 1.807) is 13.8 Å². The number of benzene rings is 1. The fourth-order valence-electron chi connectivity index (χ4n) is 3.47. The predicted molar refractivity (Wildman–Crippen MR) is 118 cm³/mol. The quantitative estimate of drug-likeness (QED) is 0.578. The van der Waals surface area contributed by atoms with Gasteiger partial charge in [-0.25, -0.2) is 8.42 Å². The zero-order valence-corrected chi connectivity index (χ0v) is 19.0. The van der Waals surface area contributed by atoms with Crippen molar-refractivity contribution in [3.8, 4) is 0 Å². The van der Waals surface area contributed by atoms with Gasteiger partial charge in [-0.15, -0.1) is 0 Å². The van der Waals surface area contributed by atoms with Crippen LogP contribution in [0.25, 0.3) is 0 Å². The molecule has 1 unspecified atom stereocenters. The van der Waals surface area contributed by atoms with Crippen molar-refractivity contribution in [2.75, 3.05) is 46.0 Å². The first-order valence-electron chi connectivity index (χ1n) is 10.1. The Balaban J connectivity index is 2.21. The van der Waals surface area contributed by atoms with E-state index in [2.05, 4.69) is 60.4 Å². The van der Waals surface area contributed by atoms with Gasteiger partial charge in [-0.2, -0.15) is 0 Å². The summed E-state index contributed by atoms with van der Waals surface area (Å²) < 4.78 is 23.9. The summed E-state index contributed by atoms with van der Waals surface area (Å²) in [5, 5.41) is 3.34. The number of hydrogen-bond donors (Lipinski definition) is 1. The molecule has 1 aliphatic rings. The van der Waals surface area contributed by atoms with E-state index in [0.29, 0.717) is 19.6 Å². The van der Waals surface area contributed by atoms with E-state index < -0.39 is 14.6 Å². The molecule has 0 radical (unpaired) electrons. The van der Waals surface area contributed by atoms with E-state index in [0.717, 1.165) is 18.9 Å². The molecule has 1 aromatic carbocycles. The van der Waals surface area contributed by atoms with Crippen LogP contribution in [0.15, 0.2) is 29.3 Å². The van der Waals surface area contributed by atoms with Gasteiger partial charge in [0.1, 0.15) is 0 Å². The molecule has 0 amide bonds. The fraction of sp³-hybridized carbons (Fsp3) is 0.667. The summed E-state index contributed by atoms with van der Waals surface area (Å²) in [6.45, 7) is 10.1. The third-order valence-corrected chi connectivity index (χ3v) is 8.02. The van der Waals surface area contributed by atoms with Crippen LogP contribution in [-0.4, -0.2) is 75.0 Å². The number of hydrogen-bond acceptors (Lipinski definition) is 4. The number of nitrogens with zero attached hydrogens (tertiary/aromatic N) is 3. The van der Waals surface area contributed by atoms with E-state index >= 15 is 0 Å². The number of nitrogens with one attached hydrogen (secondary N) is 1. The molecule has 1 fully saturated rings. The van der Waals surface area contributed by atoms with Crippen molar-refractivity contribution < 1.29 is 8.42 Å². The summed E-state index contributed by atoms with van der Waals surface area (Å²) in [5.74, 6) is 0.961. The van der Waals surface area contributed by atoms with Crippen LogP contribution in [-0.2, 0) is 16.3 Å². The van der Waals surface area contributed by atoms with Crippen molar-refractivity contribution >= 4 is 15.8 Å². The summed E-state index contributed by atoms with van der Waals surface area (Å²) >= 11 is 0. The van der Waals surface area contributed by atoms with Crippen molar-refractivity contribution in [2.45, 2.75) is 44.9 Å². The van der Waals surface area contributed by atoms with Gasteiger partial charge in [0.05, 0.1) is 23.1 Å². The molecule has 1 saturated heterocycles. The van der Waals surface area contributed by atoms with Crippen molar-refractivity contribution in [2.24, 2.45) is 4.99 Å². The van der Waals surface area contributed by atoms with Crippen molar-refractivity contribution in [1.29, 1.82) is 0 Å². The molecule has 158 valence electrons. The molecule has 6 nitrogen and oxygen atoms in total. The Morgan fingerprint density at radius 2 is 1.89 bits per heavy atom. The number of guanidine groups is 1. The van der Waals surface area contributed by atoms with E-state index in [-0.39, 0.29) is 11.8 Å². The van der Waals surface area contributed by atoms with Gasteiger partial charge in [0, 0.05) is 19.6 Å². The zero-order chi connectivity index (χ0) is 20.9. The second kappa shape index (κ2) is 9.27. The van der Waals surface area contributed by atoms with Crippen molar-refractivity contribution in [3.05, 3.63) is 35.4 Å². The Bertz CT molecular complexity index is 770. The Morgan fingerprint density at radius 3 is 2.39 bits per heavy atom. The van der Waals surface area contributed by atoms with Crippen LogP contribution in [0.3, 0.4) is 0 Å². The Morgan fingerprint density at radius 1 is 1.25 bits per heavy atom. The van der Waals surface area contributed by atoms with E-state index in [1.807, 2.05) is 6.92 Å². The summed E-state index contributed by atoms with van der Waals surface area (Å²) in [5.41, 5.74) is 2.57. The monoisotopic (exact) mass is 408 g/mol. The van der Waals surface area contributed by atoms with Gasteiger partial charge >= 0.3 is 0 Å². The number of likely N-dealkylation sites (N-methyl/N-ethyl adjacent to an activating group) is 1. The number of aryl methyl sites for hydroxylation is 1. The molecule has 28 heavy (non-hydrogen) atoms. The highest BCUT2D eigenvalue weighted by molar-refractivity contribution is 7.92. The Hall–Kier alpha value is -1.60. The van der Waals surface area contributed by atoms with Gasteiger partial charge in [-0.1, -0.05) is 31.2 Å². The molecule has 1 aliphatic heterocycles. The molecule has 0 spiro atoms. The normalized spacial score (nSPS) is 20.2. The van der Waals surface area contributed by atoms with Gasteiger partial charge in [-0.05, 0) is 52.4 Å². The average Bonchev–Trinajstić information content (AvgIpc) is 2.63. The topological polar surface area (TPSA) is 65.0 Å². The lowest BCUT2D eigenvalue weighted by Crippen LogP contribution is -2.57. The van der Waals surface area contributed by atoms with Crippen LogP contribution in [0.5, 0.6) is 0 Å². The largest absolute Gasteiger partial charge is 0.357 e. The van der Waals surface area contributed by atoms with Crippen molar-refractivity contribution in [3.63, 3.8) is 0 Å². The Kier molecular flexibility index (Phi) is 7.51. The molecule has 2 rings (SSSR count). The zero-order valence-electron chi connectivity index (χ0n) is 18.2. The highest BCUT2D eigenvalue weighted by Gasteiger charge is 2.41. The first-order chi connectivity index (χ1) is 13.1. The number of aliphatic imine (C=N–C) groups is 1. The maximum absolute atomic E-state index is 12.3. The number of sulfone groups is 1. The molecule has 1 heterocycles. The SMILES string of the molecule is CCNC(=NCC(c1ccc(CC)cc1)N(C)C)N1CCS(=O)(=O)C(C)(C)C1. The van der Waals surface area contributed by atoms with Gasteiger partial charge in [0.25, 0.3) is 0 Å². The molecule has 7 heteroatoms. The lowest BCUT2D eigenvalue weighted by molar-refractivity contribution is 0.303. The van der Waals surface area contributed by atoms with Crippen LogP contribution in [0.2, 0.25) is 0 Å². The maximum Gasteiger partial charge on any atom is 0.194 e. The number of rotatable bonds is 6. The van der Waals surface area contributed by atoms with Crippen LogP contribution in [0.4, 0.5) is 0 Å². The fourth-order valence-corrected chi connectivity index (χ4v) is 4.83. The van der Waals surface area contributed by atoms with Gasteiger partial charge in [-0.3, -0.25) is 4.99 Å². The van der Waals surface area contributed by atoms with Crippen LogP contribution in [0, 0.1) is 0 Å². The lowest BCUT2D eigenvalue weighted by Gasteiger charge is -2.39. The summed E-state index contributed by atoms with van der Waals surface area (Å²) in [6.07, 6.45) is 1.03. The maximum atomic E-state index is 12.3. The smallest absolute Gasteiger partial charge is 0.194 e. The van der Waals surface area contributed by atoms with E-state index in [9.17, 15) is 8.42 Å². The molecule has 1 N–H and O–H groups in total. The molecule has 1 aromatic rings. The third-order valence-electron chi connectivity index (χ3n) is 5.49.